The third-order valence-electron chi connectivity index (χ3n) is 0.514. The first kappa shape index (κ1) is 6.88. The Morgan fingerprint density at radius 3 is 2.38 bits per heavy atom. The second-order valence-electron chi connectivity index (χ2n) is 1.07. The number of hydrogen-bond acceptors (Lipinski definition) is 4. The molecule has 0 saturated carbocycles. The molecule has 0 rings (SSSR count). The van der Waals surface area contributed by atoms with E-state index in [0.29, 0.717) is 0 Å². The van der Waals surface area contributed by atoms with Crippen molar-refractivity contribution in [3.05, 3.63) is 5.76 Å². The summed E-state index contributed by atoms with van der Waals surface area (Å²) in [4.78, 5) is 18.9. The molecule has 0 heterocycles. The van der Waals surface area contributed by atoms with Crippen LogP contribution in [0.1, 0.15) is 0 Å². The Morgan fingerprint density at radius 2 is 2.25 bits per heavy atom. The van der Waals surface area contributed by atoms with Crippen molar-refractivity contribution >= 4 is 12.2 Å². The van der Waals surface area contributed by atoms with Crippen molar-refractivity contribution in [2.75, 3.05) is 0 Å². The Labute approximate surface area is 45.1 Å². The van der Waals surface area contributed by atoms with Crippen LogP contribution in [-0.2, 0) is 9.59 Å². The van der Waals surface area contributed by atoms with Crippen LogP contribution in [0.3, 0.4) is 0 Å². The number of carbonyl (C=O) groups is 1. The first-order chi connectivity index (χ1) is 3.72. The SMILES string of the molecule is O=C=C(O)C(O)C=O. The summed E-state index contributed by atoms with van der Waals surface area (Å²) in [6.45, 7) is 0. The van der Waals surface area contributed by atoms with Crippen molar-refractivity contribution in [2.45, 2.75) is 6.10 Å². The lowest BCUT2D eigenvalue weighted by molar-refractivity contribution is -0.114. The fraction of sp³-hybridized carbons (Fsp3) is 0.250. The molecule has 0 aromatic rings. The van der Waals surface area contributed by atoms with Crippen LogP contribution in [0.25, 0.3) is 0 Å². The largest absolute Gasteiger partial charge is 0.500 e. The van der Waals surface area contributed by atoms with Gasteiger partial charge in [0.05, 0.1) is 0 Å². The van der Waals surface area contributed by atoms with Gasteiger partial charge in [0.1, 0.15) is 0 Å². The van der Waals surface area contributed by atoms with Crippen molar-refractivity contribution in [1.82, 2.24) is 0 Å². The molecule has 0 aliphatic carbocycles. The molecule has 0 aliphatic heterocycles. The quantitative estimate of drug-likeness (QED) is 0.270. The Kier molecular flexibility index (Phi) is 2.54. The van der Waals surface area contributed by atoms with Crippen molar-refractivity contribution in [2.24, 2.45) is 0 Å². The maximum absolute atomic E-state index is 9.50. The van der Waals surface area contributed by atoms with Crippen molar-refractivity contribution in [3.8, 4) is 0 Å². The van der Waals surface area contributed by atoms with Gasteiger partial charge in [-0.2, -0.15) is 0 Å². The summed E-state index contributed by atoms with van der Waals surface area (Å²) in [6, 6.07) is 0. The molecule has 2 N–H and O–H groups in total. The van der Waals surface area contributed by atoms with Crippen LogP contribution in [0.2, 0.25) is 0 Å². The van der Waals surface area contributed by atoms with E-state index < -0.39 is 11.9 Å². The molecule has 4 heteroatoms. The third kappa shape index (κ3) is 1.55. The highest BCUT2D eigenvalue weighted by molar-refractivity contribution is 5.66. The van der Waals surface area contributed by atoms with Crippen molar-refractivity contribution < 1.29 is 19.8 Å². The highest BCUT2D eigenvalue weighted by atomic mass is 16.3. The first-order valence-electron chi connectivity index (χ1n) is 1.79. The maximum Gasteiger partial charge on any atom is 0.213 e. The normalized spacial score (nSPS) is 11.6. The third-order valence-corrected chi connectivity index (χ3v) is 0.514. The molecule has 0 saturated heterocycles. The summed E-state index contributed by atoms with van der Waals surface area (Å²) >= 11 is 0. The Balaban J connectivity index is 4.01. The van der Waals surface area contributed by atoms with Crippen LogP contribution >= 0.6 is 0 Å². The van der Waals surface area contributed by atoms with Crippen LogP contribution in [0.5, 0.6) is 0 Å². The van der Waals surface area contributed by atoms with Crippen LogP contribution < -0.4 is 0 Å². The lowest BCUT2D eigenvalue weighted by Crippen LogP contribution is -2.11. The molecular weight excluding hydrogens is 112 g/mol. The molecule has 8 heavy (non-hydrogen) atoms. The van der Waals surface area contributed by atoms with Crippen LogP contribution in [0, 0.1) is 0 Å². The van der Waals surface area contributed by atoms with E-state index in [1.165, 1.54) is 0 Å². The zero-order chi connectivity index (χ0) is 6.57. The number of aldehydes is 1. The highest BCUT2D eigenvalue weighted by Gasteiger charge is 2.06. The van der Waals surface area contributed by atoms with E-state index in [2.05, 4.69) is 0 Å². The van der Waals surface area contributed by atoms with E-state index in [1.807, 2.05) is 0 Å². The molecule has 0 aliphatic rings. The lowest BCUT2D eigenvalue weighted by atomic mass is 10.3. The van der Waals surface area contributed by atoms with Crippen LogP contribution in [0.15, 0.2) is 5.76 Å². The maximum atomic E-state index is 9.50. The predicted octanol–water partition coefficient (Wildman–Crippen LogP) is -1.18. The molecule has 0 aromatic carbocycles. The second kappa shape index (κ2) is 2.96. The molecule has 0 aromatic heterocycles. The average Bonchev–Trinajstić information content (AvgIpc) is 1.84. The minimum atomic E-state index is -1.72. The first-order valence-corrected chi connectivity index (χ1v) is 1.79. The zero-order valence-corrected chi connectivity index (χ0v) is 3.87. The minimum absolute atomic E-state index is 0.0280. The van der Waals surface area contributed by atoms with Gasteiger partial charge in [-0.25, -0.2) is 4.79 Å². The van der Waals surface area contributed by atoms with E-state index in [1.54, 1.807) is 0 Å². The summed E-state index contributed by atoms with van der Waals surface area (Å²) < 4.78 is 0. The van der Waals surface area contributed by atoms with Gasteiger partial charge in [-0.3, -0.25) is 4.79 Å². The standard InChI is InChI=1S/C4H4O4/c5-1-3(7)4(8)2-6/h1,3,7-8H. The minimum Gasteiger partial charge on any atom is -0.500 e. The topological polar surface area (TPSA) is 74.6 Å². The zero-order valence-electron chi connectivity index (χ0n) is 3.87. The smallest absolute Gasteiger partial charge is 0.213 e. The average molecular weight is 116 g/mol. The van der Waals surface area contributed by atoms with Crippen molar-refractivity contribution in [3.63, 3.8) is 0 Å². The second-order valence-corrected chi connectivity index (χ2v) is 1.07. The fourth-order valence-corrected chi connectivity index (χ4v) is 0.125. The van der Waals surface area contributed by atoms with Gasteiger partial charge in [0.2, 0.25) is 5.76 Å². The molecule has 0 amide bonds. The molecule has 1 atom stereocenters. The molecule has 44 valence electrons. The van der Waals surface area contributed by atoms with E-state index in [0.717, 1.165) is 5.94 Å². The summed E-state index contributed by atoms with van der Waals surface area (Å²) in [5.41, 5.74) is 0. The summed E-state index contributed by atoms with van der Waals surface area (Å²) in [5.74, 6) is -0.0295. The van der Waals surface area contributed by atoms with Gasteiger partial charge in [0.15, 0.2) is 18.3 Å². The Bertz CT molecular complexity index is 133. The summed E-state index contributed by atoms with van der Waals surface area (Å²) in [7, 11) is 0. The molecular formula is C4H4O4. The summed E-state index contributed by atoms with van der Waals surface area (Å²) in [6.07, 6.45) is -1.69. The molecule has 0 radical (unpaired) electrons. The number of aliphatic hydroxyl groups excluding tert-OH is 2. The van der Waals surface area contributed by atoms with Crippen LogP contribution in [0.4, 0.5) is 0 Å². The molecule has 0 fully saturated rings. The van der Waals surface area contributed by atoms with Gasteiger partial charge >= 0.3 is 0 Å². The van der Waals surface area contributed by atoms with Crippen molar-refractivity contribution in [1.29, 1.82) is 0 Å². The van der Waals surface area contributed by atoms with E-state index >= 15 is 0 Å². The molecule has 4 nitrogen and oxygen atoms in total. The molecule has 0 spiro atoms. The van der Waals surface area contributed by atoms with Gasteiger partial charge in [-0.05, 0) is 0 Å². The number of aliphatic hydroxyl groups is 2. The van der Waals surface area contributed by atoms with E-state index in [9.17, 15) is 9.59 Å². The van der Waals surface area contributed by atoms with Gasteiger partial charge in [0, 0.05) is 0 Å². The van der Waals surface area contributed by atoms with Gasteiger partial charge < -0.3 is 10.2 Å². The van der Waals surface area contributed by atoms with E-state index in [4.69, 9.17) is 10.2 Å². The number of hydrogen-bond donors (Lipinski definition) is 2. The predicted molar refractivity (Wildman–Crippen MR) is 23.9 cm³/mol. The number of rotatable bonds is 2. The summed E-state index contributed by atoms with van der Waals surface area (Å²) in [5, 5.41) is 16.3. The van der Waals surface area contributed by atoms with E-state index in [-0.39, 0.29) is 6.29 Å². The number of carbonyl (C=O) groups excluding carboxylic acids is 2. The Hall–Kier alpha value is -1.12. The fourth-order valence-electron chi connectivity index (χ4n) is 0.125. The molecule has 0 bridgehead atoms. The van der Waals surface area contributed by atoms with Gasteiger partial charge in [0.25, 0.3) is 0 Å². The van der Waals surface area contributed by atoms with Gasteiger partial charge in [-0.1, -0.05) is 0 Å². The molecule has 1 unspecified atom stereocenters. The highest BCUT2D eigenvalue weighted by Crippen LogP contribution is 1.85. The Morgan fingerprint density at radius 1 is 1.75 bits per heavy atom. The van der Waals surface area contributed by atoms with Crippen LogP contribution in [-0.4, -0.2) is 28.5 Å². The lowest BCUT2D eigenvalue weighted by Gasteiger charge is -1.91. The monoisotopic (exact) mass is 116 g/mol. The van der Waals surface area contributed by atoms with Gasteiger partial charge in [-0.15, -0.1) is 0 Å².